The molecule has 0 rings (SSSR count). The average molecular weight is 243 g/mol. The van der Waals surface area contributed by atoms with Crippen molar-refractivity contribution >= 4 is 22.6 Å². The van der Waals surface area contributed by atoms with Crippen molar-refractivity contribution in [2.24, 2.45) is 0 Å². The van der Waals surface area contributed by atoms with Gasteiger partial charge in [-0.05, 0) is 6.54 Å². The monoisotopic (exact) mass is 243 g/mol. The van der Waals surface area contributed by atoms with Gasteiger partial charge in [0.05, 0.1) is 6.61 Å². The lowest BCUT2D eigenvalue weighted by Gasteiger charge is -2.16. The average Bonchev–Trinajstić information content (AvgIpc) is 1.88. The Morgan fingerprint density at radius 2 is 2.11 bits per heavy atom. The molecule has 0 amide bonds. The third-order valence-corrected chi connectivity index (χ3v) is 1.75. The van der Waals surface area contributed by atoms with E-state index in [-0.39, 0.29) is 6.61 Å². The molecule has 56 valence electrons. The van der Waals surface area contributed by atoms with E-state index >= 15 is 0 Å². The van der Waals surface area contributed by atoms with Gasteiger partial charge in [-0.3, -0.25) is 0 Å². The third-order valence-electron chi connectivity index (χ3n) is 1.26. The van der Waals surface area contributed by atoms with Crippen LogP contribution in [0.5, 0.6) is 0 Å². The van der Waals surface area contributed by atoms with Crippen molar-refractivity contribution in [3.8, 4) is 0 Å². The number of hydrogen-bond donors (Lipinski definition) is 1. The molecule has 0 spiro atoms. The van der Waals surface area contributed by atoms with Crippen molar-refractivity contribution in [1.82, 2.24) is 4.90 Å². The van der Waals surface area contributed by atoms with Crippen molar-refractivity contribution in [1.29, 1.82) is 0 Å². The maximum absolute atomic E-state index is 8.55. The molecule has 0 aliphatic heterocycles. The normalized spacial score (nSPS) is 10.7. The zero-order chi connectivity index (χ0) is 7.11. The van der Waals surface area contributed by atoms with Crippen LogP contribution < -0.4 is 0 Å². The molecule has 0 aliphatic carbocycles. The molecule has 2 nitrogen and oxygen atoms in total. The summed E-state index contributed by atoms with van der Waals surface area (Å²) in [4.78, 5) is 2.23. The Hall–Kier alpha value is 0.650. The van der Waals surface area contributed by atoms with Gasteiger partial charge in [0, 0.05) is 17.5 Å². The zero-order valence-corrected chi connectivity index (χ0v) is 7.97. The second-order valence-corrected chi connectivity index (χ2v) is 2.93. The molecule has 9 heavy (non-hydrogen) atoms. The number of alkyl halides is 1. The van der Waals surface area contributed by atoms with E-state index in [0.29, 0.717) is 0 Å². The van der Waals surface area contributed by atoms with E-state index in [4.69, 9.17) is 5.11 Å². The molecule has 0 bridgehead atoms. The van der Waals surface area contributed by atoms with E-state index in [1.807, 2.05) is 0 Å². The summed E-state index contributed by atoms with van der Waals surface area (Å²) < 4.78 is 1.14. The quantitative estimate of drug-likeness (QED) is 0.568. The summed E-state index contributed by atoms with van der Waals surface area (Å²) >= 11 is 2.34. The Balaban J connectivity index is 3.18. The summed E-state index contributed by atoms with van der Waals surface area (Å²) in [7, 11) is 0. The highest BCUT2D eigenvalue weighted by Crippen LogP contribution is 1.89. The highest BCUT2D eigenvalue weighted by Gasteiger charge is 1.97. The van der Waals surface area contributed by atoms with Crippen LogP contribution in [0.1, 0.15) is 6.92 Å². The minimum absolute atomic E-state index is 0.282. The third kappa shape index (κ3) is 5.11. The number of aliphatic hydroxyl groups is 1. The van der Waals surface area contributed by atoms with Gasteiger partial charge in [-0.25, -0.2) is 0 Å². The fourth-order valence-electron chi connectivity index (χ4n) is 0.689. The predicted octanol–water partition coefficient (Wildman–Crippen LogP) is 0.736. The van der Waals surface area contributed by atoms with Gasteiger partial charge < -0.3 is 10.0 Å². The van der Waals surface area contributed by atoms with Gasteiger partial charge in [-0.2, -0.15) is 0 Å². The van der Waals surface area contributed by atoms with Crippen molar-refractivity contribution in [3.63, 3.8) is 0 Å². The van der Waals surface area contributed by atoms with Crippen LogP contribution in [0.2, 0.25) is 0 Å². The molecule has 0 atom stereocenters. The molecule has 0 fully saturated rings. The van der Waals surface area contributed by atoms with E-state index in [9.17, 15) is 0 Å². The molecular weight excluding hydrogens is 229 g/mol. The van der Waals surface area contributed by atoms with E-state index in [1.165, 1.54) is 0 Å². The summed E-state index contributed by atoms with van der Waals surface area (Å²) in [5.41, 5.74) is 0. The second-order valence-electron chi connectivity index (χ2n) is 1.85. The van der Waals surface area contributed by atoms with Crippen LogP contribution in [0.25, 0.3) is 0 Å². The Kier molecular flexibility index (Phi) is 7.25. The van der Waals surface area contributed by atoms with E-state index in [2.05, 4.69) is 34.4 Å². The van der Waals surface area contributed by atoms with Crippen LogP contribution in [0.4, 0.5) is 0 Å². The smallest absolute Gasteiger partial charge is 0.0558 e. The number of rotatable bonds is 5. The van der Waals surface area contributed by atoms with E-state index in [1.54, 1.807) is 0 Å². The standard InChI is InChI=1S/C6H14INO/c1-2-8(4-3-7)5-6-9/h9H,2-6H2,1H3. The van der Waals surface area contributed by atoms with E-state index in [0.717, 1.165) is 24.1 Å². The van der Waals surface area contributed by atoms with Gasteiger partial charge in [-0.1, -0.05) is 29.5 Å². The van der Waals surface area contributed by atoms with Gasteiger partial charge in [0.15, 0.2) is 0 Å². The van der Waals surface area contributed by atoms with Gasteiger partial charge in [-0.15, -0.1) is 0 Å². The minimum Gasteiger partial charge on any atom is -0.395 e. The predicted molar refractivity (Wildman–Crippen MR) is 48.1 cm³/mol. The van der Waals surface area contributed by atoms with Gasteiger partial charge in [0.1, 0.15) is 0 Å². The fourth-order valence-corrected chi connectivity index (χ4v) is 1.37. The second kappa shape index (κ2) is 6.77. The van der Waals surface area contributed by atoms with Gasteiger partial charge in [0.2, 0.25) is 0 Å². The molecule has 0 radical (unpaired) electrons. The Bertz CT molecular complexity index is 55.0. The molecule has 1 N–H and O–H groups in total. The molecule has 0 saturated heterocycles. The first-order valence-electron chi connectivity index (χ1n) is 3.24. The summed E-state index contributed by atoms with van der Waals surface area (Å²) in [5, 5.41) is 8.55. The molecule has 0 saturated carbocycles. The highest BCUT2D eigenvalue weighted by atomic mass is 127. The van der Waals surface area contributed by atoms with Gasteiger partial charge >= 0.3 is 0 Å². The van der Waals surface area contributed by atoms with Crippen molar-refractivity contribution in [3.05, 3.63) is 0 Å². The van der Waals surface area contributed by atoms with Crippen molar-refractivity contribution in [2.45, 2.75) is 6.92 Å². The number of halogens is 1. The van der Waals surface area contributed by atoms with Crippen LogP contribution >= 0.6 is 22.6 Å². The molecule has 0 unspecified atom stereocenters. The Morgan fingerprint density at radius 1 is 1.44 bits per heavy atom. The molecule has 3 heteroatoms. The first-order chi connectivity index (χ1) is 4.35. The lowest BCUT2D eigenvalue weighted by atomic mass is 10.5. The summed E-state index contributed by atoms with van der Waals surface area (Å²) in [6, 6.07) is 0. The highest BCUT2D eigenvalue weighted by molar-refractivity contribution is 14.1. The molecular formula is C6H14INO. The Labute approximate surface area is 70.4 Å². The summed E-state index contributed by atoms with van der Waals surface area (Å²) in [6.07, 6.45) is 0. The van der Waals surface area contributed by atoms with Crippen LogP contribution in [0, 0.1) is 0 Å². The minimum atomic E-state index is 0.282. The lowest BCUT2D eigenvalue weighted by molar-refractivity contribution is 0.210. The first kappa shape index (κ1) is 9.65. The lowest BCUT2D eigenvalue weighted by Crippen LogP contribution is -2.28. The summed E-state index contributed by atoms with van der Waals surface area (Å²) in [6.45, 7) is 5.35. The Morgan fingerprint density at radius 3 is 2.44 bits per heavy atom. The first-order valence-corrected chi connectivity index (χ1v) is 4.76. The van der Waals surface area contributed by atoms with Crippen LogP contribution in [0.15, 0.2) is 0 Å². The van der Waals surface area contributed by atoms with Crippen LogP contribution in [-0.2, 0) is 0 Å². The van der Waals surface area contributed by atoms with E-state index < -0.39 is 0 Å². The van der Waals surface area contributed by atoms with Crippen molar-refractivity contribution in [2.75, 3.05) is 30.7 Å². The molecule has 0 heterocycles. The number of hydrogen-bond acceptors (Lipinski definition) is 2. The largest absolute Gasteiger partial charge is 0.395 e. The zero-order valence-electron chi connectivity index (χ0n) is 5.81. The number of likely N-dealkylation sites (N-methyl/N-ethyl adjacent to an activating group) is 1. The number of aliphatic hydroxyl groups excluding tert-OH is 1. The molecule has 0 aromatic carbocycles. The molecule has 0 aromatic heterocycles. The van der Waals surface area contributed by atoms with Crippen LogP contribution in [-0.4, -0.2) is 40.7 Å². The maximum Gasteiger partial charge on any atom is 0.0558 e. The topological polar surface area (TPSA) is 23.5 Å². The summed E-state index contributed by atoms with van der Waals surface area (Å²) in [5.74, 6) is 0. The maximum atomic E-state index is 8.55. The fraction of sp³-hybridized carbons (Fsp3) is 1.00. The number of nitrogens with zero attached hydrogens (tertiary/aromatic N) is 1. The van der Waals surface area contributed by atoms with Crippen molar-refractivity contribution < 1.29 is 5.11 Å². The van der Waals surface area contributed by atoms with Crippen LogP contribution in [0.3, 0.4) is 0 Å². The molecule has 0 aromatic rings. The molecule has 0 aliphatic rings. The van der Waals surface area contributed by atoms with Gasteiger partial charge in [0.25, 0.3) is 0 Å². The SMILES string of the molecule is CCN(CCO)CCI.